The third kappa shape index (κ3) is 3.31. The van der Waals surface area contributed by atoms with Gasteiger partial charge < -0.3 is 5.73 Å². The van der Waals surface area contributed by atoms with Crippen molar-refractivity contribution in [2.75, 3.05) is 0 Å². The van der Waals surface area contributed by atoms with E-state index in [-0.39, 0.29) is 6.04 Å². The average Bonchev–Trinajstić information content (AvgIpc) is 2.46. The van der Waals surface area contributed by atoms with Crippen molar-refractivity contribution in [2.45, 2.75) is 46.2 Å². The Hall–Kier alpha value is -0.350. The molecule has 0 aromatic carbocycles. The van der Waals surface area contributed by atoms with Gasteiger partial charge in [0.2, 0.25) is 0 Å². The Morgan fingerprint density at radius 3 is 2.73 bits per heavy atom. The summed E-state index contributed by atoms with van der Waals surface area (Å²) in [6, 6.07) is 0.0772. The van der Waals surface area contributed by atoms with Crippen LogP contribution in [0.5, 0.6) is 0 Å². The summed E-state index contributed by atoms with van der Waals surface area (Å²) in [7, 11) is 0. The Bertz CT molecular complexity index is 307. The van der Waals surface area contributed by atoms with Gasteiger partial charge in [0.15, 0.2) is 0 Å². The standard InChI is InChI=1S/C11H20BrN3/c1-4-5-15-11(9(12)7-14-15)10(13)6-8(2)3/h7-8,10H,4-6,13H2,1-3H3. The molecule has 0 amide bonds. The van der Waals surface area contributed by atoms with E-state index < -0.39 is 0 Å². The van der Waals surface area contributed by atoms with Crippen LogP contribution in [-0.4, -0.2) is 9.78 Å². The zero-order chi connectivity index (χ0) is 11.4. The summed E-state index contributed by atoms with van der Waals surface area (Å²) in [5.41, 5.74) is 7.31. The normalized spacial score (nSPS) is 13.5. The first-order chi connectivity index (χ1) is 7.06. The number of aryl methyl sites for hydroxylation is 1. The van der Waals surface area contributed by atoms with Crippen LogP contribution in [0.4, 0.5) is 0 Å². The fourth-order valence-corrected chi connectivity index (χ4v) is 2.34. The molecule has 0 bridgehead atoms. The zero-order valence-electron chi connectivity index (χ0n) is 9.70. The average molecular weight is 274 g/mol. The minimum Gasteiger partial charge on any atom is -0.323 e. The fraction of sp³-hybridized carbons (Fsp3) is 0.727. The van der Waals surface area contributed by atoms with E-state index in [2.05, 4.69) is 41.8 Å². The van der Waals surface area contributed by atoms with Crippen LogP contribution < -0.4 is 5.73 Å². The van der Waals surface area contributed by atoms with Gasteiger partial charge in [0.05, 0.1) is 16.4 Å². The molecule has 0 saturated heterocycles. The molecule has 0 saturated carbocycles. The molecule has 0 aliphatic heterocycles. The zero-order valence-corrected chi connectivity index (χ0v) is 11.3. The summed E-state index contributed by atoms with van der Waals surface area (Å²) in [6.45, 7) is 7.46. The first kappa shape index (κ1) is 12.7. The third-order valence-electron chi connectivity index (χ3n) is 2.35. The van der Waals surface area contributed by atoms with E-state index in [1.54, 1.807) is 0 Å². The largest absolute Gasteiger partial charge is 0.323 e. The van der Waals surface area contributed by atoms with Gasteiger partial charge in [-0.2, -0.15) is 5.10 Å². The molecule has 3 nitrogen and oxygen atoms in total. The van der Waals surface area contributed by atoms with Crippen molar-refractivity contribution in [3.05, 3.63) is 16.4 Å². The van der Waals surface area contributed by atoms with Gasteiger partial charge in [-0.3, -0.25) is 4.68 Å². The second-order valence-electron chi connectivity index (χ2n) is 4.34. The smallest absolute Gasteiger partial charge is 0.0693 e. The highest BCUT2D eigenvalue weighted by atomic mass is 79.9. The predicted octanol–water partition coefficient (Wildman–Crippen LogP) is 3.10. The molecule has 0 aliphatic carbocycles. The SMILES string of the molecule is CCCn1ncc(Br)c1C(N)CC(C)C. The van der Waals surface area contributed by atoms with Gasteiger partial charge in [-0.05, 0) is 34.7 Å². The lowest BCUT2D eigenvalue weighted by Gasteiger charge is -2.16. The van der Waals surface area contributed by atoms with Gasteiger partial charge in [0.25, 0.3) is 0 Å². The molecule has 86 valence electrons. The summed E-state index contributed by atoms with van der Waals surface area (Å²) in [5.74, 6) is 0.608. The van der Waals surface area contributed by atoms with Crippen molar-refractivity contribution in [1.82, 2.24) is 9.78 Å². The molecule has 0 aliphatic rings. The highest BCUT2D eigenvalue weighted by Gasteiger charge is 2.17. The molecule has 1 unspecified atom stereocenters. The van der Waals surface area contributed by atoms with E-state index in [9.17, 15) is 0 Å². The summed E-state index contributed by atoms with van der Waals surface area (Å²) in [5, 5.41) is 4.32. The third-order valence-corrected chi connectivity index (χ3v) is 2.96. The molecular weight excluding hydrogens is 254 g/mol. The van der Waals surface area contributed by atoms with Crippen LogP contribution in [0.3, 0.4) is 0 Å². The van der Waals surface area contributed by atoms with E-state index in [0.717, 1.165) is 29.6 Å². The van der Waals surface area contributed by atoms with E-state index in [4.69, 9.17) is 5.73 Å². The van der Waals surface area contributed by atoms with E-state index in [1.165, 1.54) is 0 Å². The van der Waals surface area contributed by atoms with Gasteiger partial charge in [-0.15, -0.1) is 0 Å². The Balaban J connectivity index is 2.85. The maximum atomic E-state index is 6.18. The van der Waals surface area contributed by atoms with Crippen LogP contribution in [0.1, 0.15) is 45.3 Å². The summed E-state index contributed by atoms with van der Waals surface area (Å²) in [4.78, 5) is 0. The molecule has 4 heteroatoms. The lowest BCUT2D eigenvalue weighted by Crippen LogP contribution is -2.18. The molecule has 1 aromatic rings. The van der Waals surface area contributed by atoms with Crippen LogP contribution in [0.15, 0.2) is 10.7 Å². The van der Waals surface area contributed by atoms with Crippen LogP contribution >= 0.6 is 15.9 Å². The van der Waals surface area contributed by atoms with Crippen molar-refractivity contribution in [1.29, 1.82) is 0 Å². The monoisotopic (exact) mass is 273 g/mol. The van der Waals surface area contributed by atoms with E-state index >= 15 is 0 Å². The van der Waals surface area contributed by atoms with Crippen molar-refractivity contribution in [3.63, 3.8) is 0 Å². The van der Waals surface area contributed by atoms with E-state index in [0.29, 0.717) is 5.92 Å². The molecule has 15 heavy (non-hydrogen) atoms. The highest BCUT2D eigenvalue weighted by Crippen LogP contribution is 2.26. The Morgan fingerprint density at radius 2 is 2.20 bits per heavy atom. The minimum atomic E-state index is 0.0772. The molecule has 0 radical (unpaired) electrons. The van der Waals surface area contributed by atoms with Crippen molar-refractivity contribution in [2.24, 2.45) is 11.7 Å². The molecular formula is C11H20BrN3. The second-order valence-corrected chi connectivity index (χ2v) is 5.19. The maximum Gasteiger partial charge on any atom is 0.0693 e. The quantitative estimate of drug-likeness (QED) is 0.896. The first-order valence-corrected chi connectivity index (χ1v) is 6.32. The Morgan fingerprint density at radius 1 is 1.53 bits per heavy atom. The summed E-state index contributed by atoms with van der Waals surface area (Å²) >= 11 is 3.51. The fourth-order valence-electron chi connectivity index (χ4n) is 1.75. The molecule has 1 heterocycles. The van der Waals surface area contributed by atoms with Crippen LogP contribution in [0.25, 0.3) is 0 Å². The van der Waals surface area contributed by atoms with E-state index in [1.807, 2.05) is 10.9 Å². The second kappa shape index (κ2) is 5.66. The van der Waals surface area contributed by atoms with Crippen molar-refractivity contribution in [3.8, 4) is 0 Å². The Kier molecular flexibility index (Phi) is 4.80. The summed E-state index contributed by atoms with van der Waals surface area (Å²) < 4.78 is 3.04. The number of aromatic nitrogens is 2. The topological polar surface area (TPSA) is 43.8 Å². The number of nitrogens with two attached hydrogens (primary N) is 1. The lowest BCUT2D eigenvalue weighted by molar-refractivity contribution is 0.465. The summed E-state index contributed by atoms with van der Waals surface area (Å²) in [6.07, 6.45) is 3.91. The number of rotatable bonds is 5. The highest BCUT2D eigenvalue weighted by molar-refractivity contribution is 9.10. The predicted molar refractivity (Wildman–Crippen MR) is 66.6 cm³/mol. The number of hydrogen-bond donors (Lipinski definition) is 1. The van der Waals surface area contributed by atoms with Crippen LogP contribution in [0.2, 0.25) is 0 Å². The van der Waals surface area contributed by atoms with Crippen LogP contribution in [-0.2, 0) is 6.54 Å². The van der Waals surface area contributed by atoms with Gasteiger partial charge in [0.1, 0.15) is 0 Å². The van der Waals surface area contributed by atoms with Gasteiger partial charge in [0, 0.05) is 12.6 Å². The van der Waals surface area contributed by atoms with Crippen molar-refractivity contribution >= 4 is 15.9 Å². The van der Waals surface area contributed by atoms with Gasteiger partial charge in [-0.1, -0.05) is 20.8 Å². The first-order valence-electron chi connectivity index (χ1n) is 5.53. The molecule has 1 atom stereocenters. The molecule has 0 spiro atoms. The number of halogens is 1. The Labute approximate surface area is 100 Å². The lowest BCUT2D eigenvalue weighted by atomic mass is 10.0. The number of nitrogens with zero attached hydrogens (tertiary/aromatic N) is 2. The molecule has 2 N–H and O–H groups in total. The van der Waals surface area contributed by atoms with Gasteiger partial charge in [-0.25, -0.2) is 0 Å². The minimum absolute atomic E-state index is 0.0772. The molecule has 0 fully saturated rings. The van der Waals surface area contributed by atoms with Crippen molar-refractivity contribution < 1.29 is 0 Å². The van der Waals surface area contributed by atoms with Crippen LogP contribution in [0, 0.1) is 5.92 Å². The maximum absolute atomic E-state index is 6.18. The molecule has 1 rings (SSSR count). The van der Waals surface area contributed by atoms with Gasteiger partial charge >= 0.3 is 0 Å². The number of hydrogen-bond acceptors (Lipinski definition) is 2. The molecule has 1 aromatic heterocycles.